The minimum Gasteiger partial charge on any atom is -0.372 e. The Bertz CT molecular complexity index is 870. The first kappa shape index (κ1) is 22.5. The molecular weight excluding hydrogens is 421 g/mol. The number of hydrogen-bond donors (Lipinski definition) is 2. The van der Waals surface area contributed by atoms with Gasteiger partial charge in [-0.2, -0.15) is 5.26 Å². The molecule has 2 N–H and O–H groups in total. The van der Waals surface area contributed by atoms with E-state index in [-0.39, 0.29) is 30.3 Å². The van der Waals surface area contributed by atoms with Gasteiger partial charge >= 0.3 is 0 Å². The number of halogens is 3. The van der Waals surface area contributed by atoms with Crippen molar-refractivity contribution in [2.75, 3.05) is 26.2 Å². The summed E-state index contributed by atoms with van der Waals surface area (Å²) in [6, 6.07) is 14.1. The van der Waals surface area contributed by atoms with Crippen molar-refractivity contribution in [3.63, 3.8) is 0 Å². The average Bonchev–Trinajstić information content (AvgIpc) is 2.93. The molecule has 2 aromatic carbocycles. The molecule has 0 unspecified atom stereocenters. The Kier molecular flexibility index (Phi) is 8.56. The zero-order valence-corrected chi connectivity index (χ0v) is 17.3. The van der Waals surface area contributed by atoms with E-state index in [1.54, 1.807) is 30.3 Å². The Labute approximate surface area is 180 Å². The fraction of sp³-hybridized carbons (Fsp3) is 0.300. The highest BCUT2D eigenvalue weighted by atomic mass is 35.5. The minimum absolute atomic E-state index is 0. The summed E-state index contributed by atoms with van der Waals surface area (Å²) >= 11 is 12.2. The number of rotatable bonds is 4. The molecule has 2 atom stereocenters. The number of carbonyl (C=O) groups excluding carboxylic acids is 1. The van der Waals surface area contributed by atoms with Crippen LogP contribution in [-0.4, -0.2) is 32.1 Å². The highest BCUT2D eigenvalue weighted by Gasteiger charge is 2.27. The predicted octanol–water partition coefficient (Wildman–Crippen LogP) is 3.99. The lowest BCUT2D eigenvalue weighted by molar-refractivity contribution is 0.0306. The van der Waals surface area contributed by atoms with E-state index >= 15 is 0 Å². The third kappa shape index (κ3) is 5.60. The molecule has 1 aliphatic heterocycles. The summed E-state index contributed by atoms with van der Waals surface area (Å²) in [5, 5.41) is 16.2. The summed E-state index contributed by atoms with van der Waals surface area (Å²) in [6.45, 7) is 2.43. The molecule has 0 aliphatic carbocycles. The third-order valence-electron chi connectivity index (χ3n) is 4.46. The van der Waals surface area contributed by atoms with Crippen LogP contribution in [0.5, 0.6) is 0 Å². The van der Waals surface area contributed by atoms with Crippen molar-refractivity contribution in [2.24, 2.45) is 5.92 Å². The number of nitrogens with one attached hydrogen (secondary N) is 2. The first-order chi connectivity index (χ1) is 13.1. The standard InChI is InChI=1S/C20H19Cl2N3O2.ClH/c21-17-5-4-14(9-18(17)22)19-16(11-24-6-7-27-19)12-25-20(26)15-3-1-2-13(8-15)10-23;/h1-5,8-9,16,19,24H,6-7,11-12H2,(H,25,26);1H/t16-,19-;/m0./s1. The minimum atomic E-state index is -0.218. The van der Waals surface area contributed by atoms with Gasteiger partial charge in [-0.3, -0.25) is 4.79 Å². The summed E-state index contributed by atoms with van der Waals surface area (Å²) in [5.74, 6) is -0.197. The van der Waals surface area contributed by atoms with Crippen LogP contribution in [0.25, 0.3) is 0 Å². The SMILES string of the molecule is Cl.N#Cc1cccc(C(=O)NC[C@@H]2CNCCO[C@H]2c2ccc(Cl)c(Cl)c2)c1. The highest BCUT2D eigenvalue weighted by Crippen LogP contribution is 2.31. The van der Waals surface area contributed by atoms with Gasteiger partial charge < -0.3 is 15.4 Å². The Hall–Kier alpha value is -1.81. The van der Waals surface area contributed by atoms with Gasteiger partial charge in [-0.15, -0.1) is 12.4 Å². The van der Waals surface area contributed by atoms with Gasteiger partial charge in [0.05, 0.1) is 34.4 Å². The van der Waals surface area contributed by atoms with Crippen LogP contribution in [0.3, 0.4) is 0 Å². The van der Waals surface area contributed by atoms with Crippen molar-refractivity contribution >= 4 is 41.5 Å². The Morgan fingerprint density at radius 1 is 1.25 bits per heavy atom. The van der Waals surface area contributed by atoms with Gasteiger partial charge in [-0.05, 0) is 35.9 Å². The Morgan fingerprint density at radius 2 is 2.07 bits per heavy atom. The number of hydrogen-bond acceptors (Lipinski definition) is 4. The molecule has 0 radical (unpaired) electrons. The van der Waals surface area contributed by atoms with E-state index in [2.05, 4.69) is 10.6 Å². The highest BCUT2D eigenvalue weighted by molar-refractivity contribution is 6.42. The molecule has 1 saturated heterocycles. The molecule has 8 heteroatoms. The molecule has 1 aliphatic rings. The lowest BCUT2D eigenvalue weighted by atomic mass is 9.95. The van der Waals surface area contributed by atoms with Gasteiger partial charge in [0.1, 0.15) is 0 Å². The predicted molar refractivity (Wildman–Crippen MR) is 112 cm³/mol. The quantitative estimate of drug-likeness (QED) is 0.754. The van der Waals surface area contributed by atoms with Crippen LogP contribution in [-0.2, 0) is 4.74 Å². The van der Waals surface area contributed by atoms with Gasteiger partial charge in [0.15, 0.2) is 0 Å². The van der Waals surface area contributed by atoms with Gasteiger partial charge in [0, 0.05) is 31.1 Å². The average molecular weight is 441 g/mol. The van der Waals surface area contributed by atoms with Gasteiger partial charge in [0.25, 0.3) is 5.91 Å². The zero-order valence-electron chi connectivity index (χ0n) is 15.0. The molecule has 1 fully saturated rings. The Balaban J connectivity index is 0.00000280. The third-order valence-corrected chi connectivity index (χ3v) is 5.20. The molecule has 148 valence electrons. The molecule has 1 amide bonds. The molecule has 0 saturated carbocycles. The Morgan fingerprint density at radius 3 is 2.82 bits per heavy atom. The monoisotopic (exact) mass is 439 g/mol. The zero-order chi connectivity index (χ0) is 19.2. The summed E-state index contributed by atoms with van der Waals surface area (Å²) in [7, 11) is 0. The molecule has 3 rings (SSSR count). The molecular formula is C20H20Cl3N3O2. The van der Waals surface area contributed by atoms with E-state index in [0.29, 0.717) is 40.9 Å². The summed E-state index contributed by atoms with van der Waals surface area (Å²) in [4.78, 5) is 12.5. The normalized spacial score (nSPS) is 19.0. The van der Waals surface area contributed by atoms with Crippen LogP contribution in [0, 0.1) is 17.2 Å². The smallest absolute Gasteiger partial charge is 0.251 e. The van der Waals surface area contributed by atoms with Crippen molar-refractivity contribution < 1.29 is 9.53 Å². The molecule has 28 heavy (non-hydrogen) atoms. The van der Waals surface area contributed by atoms with Crippen molar-refractivity contribution in [3.05, 3.63) is 69.2 Å². The first-order valence-electron chi connectivity index (χ1n) is 8.64. The van der Waals surface area contributed by atoms with E-state index < -0.39 is 0 Å². The maximum atomic E-state index is 12.5. The molecule has 5 nitrogen and oxygen atoms in total. The lowest BCUT2D eigenvalue weighted by Crippen LogP contribution is -2.36. The number of amides is 1. The van der Waals surface area contributed by atoms with E-state index in [0.717, 1.165) is 12.1 Å². The van der Waals surface area contributed by atoms with Gasteiger partial charge in [-0.25, -0.2) is 0 Å². The molecule has 0 bridgehead atoms. The molecule has 2 aromatic rings. The van der Waals surface area contributed by atoms with Crippen molar-refractivity contribution in [1.82, 2.24) is 10.6 Å². The van der Waals surface area contributed by atoms with Crippen molar-refractivity contribution in [1.29, 1.82) is 5.26 Å². The number of ether oxygens (including phenoxy) is 1. The van der Waals surface area contributed by atoms with Crippen LogP contribution < -0.4 is 10.6 Å². The maximum absolute atomic E-state index is 12.5. The fourth-order valence-electron chi connectivity index (χ4n) is 3.08. The molecule has 0 spiro atoms. The van der Waals surface area contributed by atoms with E-state index in [1.165, 1.54) is 0 Å². The van der Waals surface area contributed by atoms with Crippen molar-refractivity contribution in [3.8, 4) is 6.07 Å². The second-order valence-electron chi connectivity index (χ2n) is 6.33. The van der Waals surface area contributed by atoms with Crippen LogP contribution in [0.2, 0.25) is 10.0 Å². The second kappa shape index (κ2) is 10.7. The number of carbonyl (C=O) groups is 1. The summed E-state index contributed by atoms with van der Waals surface area (Å²) < 4.78 is 6.01. The fourth-order valence-corrected chi connectivity index (χ4v) is 3.39. The van der Waals surface area contributed by atoms with E-state index in [9.17, 15) is 4.79 Å². The number of nitrogens with zero attached hydrogens (tertiary/aromatic N) is 1. The van der Waals surface area contributed by atoms with Crippen molar-refractivity contribution in [2.45, 2.75) is 6.10 Å². The molecule has 1 heterocycles. The van der Waals surface area contributed by atoms with Crippen LogP contribution in [0.15, 0.2) is 42.5 Å². The van der Waals surface area contributed by atoms with Crippen LogP contribution >= 0.6 is 35.6 Å². The second-order valence-corrected chi connectivity index (χ2v) is 7.15. The summed E-state index contributed by atoms with van der Waals surface area (Å²) in [5.41, 5.74) is 1.84. The largest absolute Gasteiger partial charge is 0.372 e. The van der Waals surface area contributed by atoms with Crippen LogP contribution in [0.1, 0.15) is 27.6 Å². The van der Waals surface area contributed by atoms with Gasteiger partial charge in [-0.1, -0.05) is 35.3 Å². The first-order valence-corrected chi connectivity index (χ1v) is 9.39. The number of nitriles is 1. The maximum Gasteiger partial charge on any atom is 0.251 e. The van der Waals surface area contributed by atoms with Gasteiger partial charge in [0.2, 0.25) is 0 Å². The van der Waals surface area contributed by atoms with E-state index in [1.807, 2.05) is 18.2 Å². The van der Waals surface area contributed by atoms with E-state index in [4.69, 9.17) is 33.2 Å². The number of benzene rings is 2. The molecule has 0 aromatic heterocycles. The lowest BCUT2D eigenvalue weighted by Gasteiger charge is -2.25. The summed E-state index contributed by atoms with van der Waals surface area (Å²) in [6.07, 6.45) is -0.208. The van der Waals surface area contributed by atoms with Crippen LogP contribution in [0.4, 0.5) is 0 Å². The topological polar surface area (TPSA) is 74.2 Å².